The van der Waals surface area contributed by atoms with Crippen molar-refractivity contribution in [3.05, 3.63) is 92.1 Å². The molecule has 0 spiro atoms. The van der Waals surface area contributed by atoms with Gasteiger partial charge in [0.25, 0.3) is 0 Å². The third-order valence-electron chi connectivity index (χ3n) is 2.69. The molecule has 0 radical (unpaired) electrons. The molecule has 0 atom stereocenters. The third kappa shape index (κ3) is 28.0. The lowest BCUT2D eigenvalue weighted by molar-refractivity contribution is -0.133. The molecule has 0 fully saturated rings. The molecule has 0 aliphatic carbocycles. The van der Waals surface area contributed by atoms with Crippen molar-refractivity contribution in [2.75, 3.05) is 0 Å². The Balaban J connectivity index is -0.000000295. The van der Waals surface area contributed by atoms with Crippen LogP contribution in [0.25, 0.3) is 6.08 Å². The molecule has 4 nitrogen and oxygen atoms in total. The van der Waals surface area contributed by atoms with Gasteiger partial charge in [0, 0.05) is 11.6 Å². The number of carbonyl (C=O) groups is 2. The fourth-order valence-electron chi connectivity index (χ4n) is 1.09. The summed E-state index contributed by atoms with van der Waals surface area (Å²) >= 11 is 0. The predicted octanol–water partition coefficient (Wildman–Crippen LogP) is 6.15. The van der Waals surface area contributed by atoms with E-state index in [2.05, 4.69) is 32.9 Å². The average Bonchev–Trinajstić information content (AvgIpc) is 2.67. The van der Waals surface area contributed by atoms with Gasteiger partial charge in [-0.2, -0.15) is 0 Å². The second-order valence-electron chi connectivity index (χ2n) is 5.22. The fraction of sp³-hybridized carbons (Fsp3) is 0.217. The number of benzene rings is 1. The minimum atomic E-state index is -0.981. The number of hydrogen-bond acceptors (Lipinski definition) is 2. The first-order valence-electron chi connectivity index (χ1n) is 8.37. The SMILES string of the molecule is C=C(CCCC)C(=O)O.C=CC(=C)C.C=CC(=O)O.C=Cc1ccccc1. The minimum absolute atomic E-state index is 0.317. The number of hydrogen-bond donors (Lipinski definition) is 2. The molecular weight excluding hydrogens is 340 g/mol. The van der Waals surface area contributed by atoms with Gasteiger partial charge < -0.3 is 10.2 Å². The molecule has 0 saturated carbocycles. The van der Waals surface area contributed by atoms with E-state index in [4.69, 9.17) is 10.2 Å². The van der Waals surface area contributed by atoms with E-state index >= 15 is 0 Å². The first-order chi connectivity index (χ1) is 12.7. The summed E-state index contributed by atoms with van der Waals surface area (Å²) in [4.78, 5) is 19.4. The zero-order valence-corrected chi connectivity index (χ0v) is 16.5. The number of carboxylic acid groups (broad SMARTS) is 2. The highest BCUT2D eigenvalue weighted by Crippen LogP contribution is 2.03. The van der Waals surface area contributed by atoms with Crippen LogP contribution in [-0.2, 0) is 9.59 Å². The lowest BCUT2D eigenvalue weighted by atomic mass is 10.1. The maximum Gasteiger partial charge on any atom is 0.330 e. The topological polar surface area (TPSA) is 74.6 Å². The van der Waals surface area contributed by atoms with Gasteiger partial charge in [-0.05, 0) is 25.3 Å². The molecule has 0 heterocycles. The Kier molecular flexibility index (Phi) is 22.2. The van der Waals surface area contributed by atoms with Gasteiger partial charge in [0.15, 0.2) is 0 Å². The summed E-state index contributed by atoms with van der Waals surface area (Å²) in [6, 6.07) is 10.0. The van der Waals surface area contributed by atoms with Crippen LogP contribution in [0.15, 0.2) is 86.5 Å². The zero-order chi connectivity index (χ0) is 21.7. The smallest absolute Gasteiger partial charge is 0.330 e. The lowest BCUT2D eigenvalue weighted by Gasteiger charge is -1.95. The number of allylic oxidation sites excluding steroid dienone is 2. The summed E-state index contributed by atoms with van der Waals surface area (Å²) in [6.07, 6.45) is 6.95. The van der Waals surface area contributed by atoms with E-state index in [-0.39, 0.29) is 0 Å². The Labute approximate surface area is 163 Å². The summed E-state index contributed by atoms with van der Waals surface area (Å²) in [5, 5.41) is 15.9. The van der Waals surface area contributed by atoms with Crippen LogP contribution in [0.5, 0.6) is 0 Å². The molecule has 2 N–H and O–H groups in total. The van der Waals surface area contributed by atoms with Crippen LogP contribution in [0.4, 0.5) is 0 Å². The molecule has 0 unspecified atom stereocenters. The number of rotatable bonds is 7. The summed E-state index contributed by atoms with van der Waals surface area (Å²) in [5.41, 5.74) is 2.51. The molecule has 0 aromatic heterocycles. The summed E-state index contributed by atoms with van der Waals surface area (Å²) in [6.45, 7) is 20.9. The molecular formula is C23H32O4. The van der Waals surface area contributed by atoms with Gasteiger partial charge >= 0.3 is 11.9 Å². The van der Waals surface area contributed by atoms with Crippen molar-refractivity contribution < 1.29 is 19.8 Å². The van der Waals surface area contributed by atoms with Gasteiger partial charge in [-0.3, -0.25) is 0 Å². The van der Waals surface area contributed by atoms with Crippen molar-refractivity contribution in [1.82, 2.24) is 0 Å². The highest BCUT2D eigenvalue weighted by Gasteiger charge is 2.00. The van der Waals surface area contributed by atoms with Crippen molar-refractivity contribution in [1.29, 1.82) is 0 Å². The van der Waals surface area contributed by atoms with Gasteiger partial charge in [0.1, 0.15) is 0 Å². The van der Waals surface area contributed by atoms with E-state index in [1.165, 1.54) is 5.56 Å². The van der Waals surface area contributed by atoms with Gasteiger partial charge in [0.2, 0.25) is 0 Å². The van der Waals surface area contributed by atoms with Crippen molar-refractivity contribution >= 4 is 18.0 Å². The molecule has 0 saturated heterocycles. The molecule has 1 rings (SSSR count). The predicted molar refractivity (Wildman–Crippen MR) is 116 cm³/mol. The van der Waals surface area contributed by atoms with Crippen molar-refractivity contribution in [2.24, 2.45) is 0 Å². The largest absolute Gasteiger partial charge is 0.478 e. The van der Waals surface area contributed by atoms with E-state index in [1.807, 2.05) is 50.3 Å². The van der Waals surface area contributed by atoms with Crippen LogP contribution in [0, 0.1) is 0 Å². The summed E-state index contributed by atoms with van der Waals surface area (Å²) in [5.74, 6) is -1.85. The van der Waals surface area contributed by atoms with Crippen LogP contribution >= 0.6 is 0 Å². The summed E-state index contributed by atoms with van der Waals surface area (Å²) in [7, 11) is 0. The monoisotopic (exact) mass is 372 g/mol. The van der Waals surface area contributed by atoms with Gasteiger partial charge in [-0.15, -0.1) is 0 Å². The second-order valence-corrected chi connectivity index (χ2v) is 5.22. The molecule has 148 valence electrons. The maximum absolute atomic E-state index is 10.1. The van der Waals surface area contributed by atoms with Crippen LogP contribution in [0.2, 0.25) is 0 Å². The van der Waals surface area contributed by atoms with E-state index in [1.54, 1.807) is 6.08 Å². The Morgan fingerprint density at radius 1 is 1.00 bits per heavy atom. The number of unbranched alkanes of at least 4 members (excludes halogenated alkanes) is 1. The van der Waals surface area contributed by atoms with Crippen LogP contribution in [-0.4, -0.2) is 22.2 Å². The van der Waals surface area contributed by atoms with Gasteiger partial charge in [-0.1, -0.05) is 94.3 Å². The molecule has 1 aromatic carbocycles. The molecule has 27 heavy (non-hydrogen) atoms. The van der Waals surface area contributed by atoms with Crippen LogP contribution < -0.4 is 0 Å². The number of carboxylic acids is 2. The highest BCUT2D eigenvalue weighted by molar-refractivity contribution is 5.85. The van der Waals surface area contributed by atoms with E-state index in [9.17, 15) is 9.59 Å². The van der Waals surface area contributed by atoms with E-state index < -0.39 is 11.9 Å². The molecule has 0 aliphatic rings. The van der Waals surface area contributed by atoms with Gasteiger partial charge in [0.05, 0.1) is 0 Å². The highest BCUT2D eigenvalue weighted by atomic mass is 16.4. The molecule has 0 bridgehead atoms. The maximum atomic E-state index is 10.1. The van der Waals surface area contributed by atoms with Crippen molar-refractivity contribution in [3.8, 4) is 0 Å². The Morgan fingerprint density at radius 2 is 1.44 bits per heavy atom. The third-order valence-corrected chi connectivity index (χ3v) is 2.69. The Hall–Kier alpha value is -3.14. The van der Waals surface area contributed by atoms with E-state index in [0.29, 0.717) is 12.0 Å². The van der Waals surface area contributed by atoms with Crippen LogP contribution in [0.1, 0.15) is 38.7 Å². The fourth-order valence-corrected chi connectivity index (χ4v) is 1.09. The first kappa shape index (κ1) is 28.7. The normalized spacial score (nSPS) is 7.93. The molecule has 0 aliphatic heterocycles. The molecule has 4 heteroatoms. The Morgan fingerprint density at radius 3 is 1.67 bits per heavy atom. The standard InChI is InChI=1S/C8H8.C7H12O2.C5H8.C3H4O2/c1-2-8-6-4-3-5-7-8;1-3-4-5-6(2)7(8)9;1-4-5(2)3;1-2-3(4)5/h2-7H,1H2;2-5H2,1H3,(H,8,9);4H,1-2H2,3H3;2H,1H2,(H,4,5). The van der Waals surface area contributed by atoms with Gasteiger partial charge in [-0.25, -0.2) is 9.59 Å². The summed E-state index contributed by atoms with van der Waals surface area (Å²) < 4.78 is 0. The Bertz CT molecular complexity index is 580. The van der Waals surface area contributed by atoms with E-state index in [0.717, 1.165) is 24.5 Å². The zero-order valence-electron chi connectivity index (χ0n) is 16.5. The number of aliphatic carboxylic acids is 2. The quantitative estimate of drug-likeness (QED) is 0.444. The van der Waals surface area contributed by atoms with Crippen molar-refractivity contribution in [3.63, 3.8) is 0 Å². The average molecular weight is 373 g/mol. The van der Waals surface area contributed by atoms with Crippen molar-refractivity contribution in [2.45, 2.75) is 33.1 Å². The molecule has 1 aromatic rings. The molecule has 0 amide bonds. The first-order valence-corrected chi connectivity index (χ1v) is 8.37. The second kappa shape index (κ2) is 20.9. The lowest BCUT2D eigenvalue weighted by Crippen LogP contribution is -1.97. The minimum Gasteiger partial charge on any atom is -0.478 e. The van der Waals surface area contributed by atoms with Crippen LogP contribution in [0.3, 0.4) is 0 Å².